The van der Waals surface area contributed by atoms with E-state index in [1.165, 1.54) is 37.9 Å². The van der Waals surface area contributed by atoms with Crippen LogP contribution in [-0.4, -0.2) is 18.0 Å². The molecule has 1 aliphatic rings. The number of rotatable bonds is 2. The summed E-state index contributed by atoms with van der Waals surface area (Å²) in [7, 11) is 0. The zero-order valence-electron chi connectivity index (χ0n) is 9.71. The van der Waals surface area contributed by atoms with Crippen LogP contribution >= 0.6 is 0 Å². The van der Waals surface area contributed by atoms with Crippen LogP contribution in [-0.2, 0) is 6.54 Å². The number of piperidine rings is 1. The van der Waals surface area contributed by atoms with Crippen LogP contribution in [0.4, 0.5) is 0 Å². The first-order chi connectivity index (χ1) is 6.84. The summed E-state index contributed by atoms with van der Waals surface area (Å²) in [4.78, 5) is 2.54. The Kier molecular flexibility index (Phi) is 5.77. The Morgan fingerprint density at radius 3 is 2.20 bits per heavy atom. The molecule has 0 aliphatic carbocycles. The molecule has 1 aromatic carbocycles. The fourth-order valence-electron chi connectivity index (χ4n) is 2.02. The summed E-state index contributed by atoms with van der Waals surface area (Å²) >= 11 is 0. The molecule has 0 atom stereocenters. The molecule has 1 heterocycles. The first-order valence-corrected chi connectivity index (χ1v) is 5.48. The summed E-state index contributed by atoms with van der Waals surface area (Å²) in [5.41, 5.74) is 2.52. The van der Waals surface area contributed by atoms with Gasteiger partial charge in [-0.3, -0.25) is 4.90 Å². The van der Waals surface area contributed by atoms with Gasteiger partial charge in [-0.05, 0) is 25.9 Å². The number of nitrogens with zero attached hydrogens (tertiary/aromatic N) is 1. The van der Waals surface area contributed by atoms with Crippen molar-refractivity contribution in [1.29, 1.82) is 0 Å². The number of likely N-dealkylation sites (tertiary alicyclic amines) is 1. The molecule has 1 aliphatic heterocycles. The van der Waals surface area contributed by atoms with Crippen molar-refractivity contribution in [1.82, 2.24) is 4.90 Å². The Hall–Kier alpha value is 0.0500. The maximum atomic E-state index is 3.89. The Balaban J connectivity index is 0.00000112. The third kappa shape index (κ3) is 4.20. The standard InChI is InChI=1S/C13H18N.Na/c1-12-5-7-13(8-6-12)11-14-9-3-2-4-10-14;/h5-8H,1-4,9-11H2;/q-1;+1. The van der Waals surface area contributed by atoms with Crippen molar-refractivity contribution in [2.45, 2.75) is 25.8 Å². The van der Waals surface area contributed by atoms with Crippen molar-refractivity contribution < 1.29 is 29.6 Å². The van der Waals surface area contributed by atoms with Crippen LogP contribution in [0.1, 0.15) is 30.4 Å². The van der Waals surface area contributed by atoms with Crippen LogP contribution in [0.5, 0.6) is 0 Å². The minimum absolute atomic E-state index is 0. The van der Waals surface area contributed by atoms with E-state index in [9.17, 15) is 0 Å². The van der Waals surface area contributed by atoms with Crippen molar-refractivity contribution >= 4 is 0 Å². The predicted octanol–water partition coefficient (Wildman–Crippen LogP) is -0.141. The molecule has 0 bridgehead atoms. The van der Waals surface area contributed by atoms with Gasteiger partial charge in [0.05, 0.1) is 0 Å². The van der Waals surface area contributed by atoms with Gasteiger partial charge < -0.3 is 0 Å². The molecule has 1 nitrogen and oxygen atoms in total. The summed E-state index contributed by atoms with van der Waals surface area (Å²) in [6.45, 7) is 7.55. The maximum absolute atomic E-state index is 3.89. The Morgan fingerprint density at radius 1 is 1.00 bits per heavy atom. The van der Waals surface area contributed by atoms with E-state index in [0.717, 1.165) is 12.1 Å². The first-order valence-electron chi connectivity index (χ1n) is 5.48. The Bertz CT molecular complexity index is 275. The summed E-state index contributed by atoms with van der Waals surface area (Å²) < 4.78 is 0. The van der Waals surface area contributed by atoms with Crippen molar-refractivity contribution in [2.24, 2.45) is 0 Å². The molecule has 0 radical (unpaired) electrons. The number of hydrogen-bond acceptors (Lipinski definition) is 1. The van der Waals surface area contributed by atoms with E-state index >= 15 is 0 Å². The fraction of sp³-hybridized carbons (Fsp3) is 0.462. The molecule has 1 aromatic rings. The van der Waals surface area contributed by atoms with Gasteiger partial charge in [0.1, 0.15) is 0 Å². The van der Waals surface area contributed by atoms with E-state index in [2.05, 4.69) is 36.1 Å². The van der Waals surface area contributed by atoms with Gasteiger partial charge in [-0.1, -0.05) is 12.0 Å². The van der Waals surface area contributed by atoms with Gasteiger partial charge >= 0.3 is 29.6 Å². The average molecular weight is 211 g/mol. The molecular formula is C13H18NNa. The average Bonchev–Trinajstić information content (AvgIpc) is 2.23. The first kappa shape index (κ1) is 13.1. The van der Waals surface area contributed by atoms with Crippen LogP contribution in [0.15, 0.2) is 24.3 Å². The zero-order valence-corrected chi connectivity index (χ0v) is 11.7. The topological polar surface area (TPSA) is 3.24 Å². The number of hydrogen-bond donors (Lipinski definition) is 0. The van der Waals surface area contributed by atoms with Crippen LogP contribution in [0, 0.1) is 6.92 Å². The summed E-state index contributed by atoms with van der Waals surface area (Å²) in [5, 5.41) is 0. The summed E-state index contributed by atoms with van der Waals surface area (Å²) in [5.74, 6) is 0. The van der Waals surface area contributed by atoms with E-state index in [0.29, 0.717) is 0 Å². The Morgan fingerprint density at radius 2 is 1.60 bits per heavy atom. The van der Waals surface area contributed by atoms with Crippen LogP contribution < -0.4 is 29.6 Å². The van der Waals surface area contributed by atoms with E-state index in [4.69, 9.17) is 0 Å². The van der Waals surface area contributed by atoms with Gasteiger partial charge in [0.2, 0.25) is 0 Å². The van der Waals surface area contributed by atoms with Crippen molar-refractivity contribution in [3.63, 3.8) is 0 Å². The molecule has 0 aromatic heterocycles. The molecule has 0 saturated carbocycles. The summed E-state index contributed by atoms with van der Waals surface area (Å²) in [6.07, 6.45) is 4.15. The minimum atomic E-state index is 0. The molecule has 0 unspecified atom stereocenters. The minimum Gasteiger partial charge on any atom is -0.299 e. The van der Waals surface area contributed by atoms with Gasteiger partial charge in [0.25, 0.3) is 0 Å². The molecule has 76 valence electrons. The molecular weight excluding hydrogens is 193 g/mol. The van der Waals surface area contributed by atoms with Crippen molar-refractivity contribution in [2.75, 3.05) is 13.1 Å². The smallest absolute Gasteiger partial charge is 0.299 e. The van der Waals surface area contributed by atoms with E-state index < -0.39 is 0 Å². The monoisotopic (exact) mass is 211 g/mol. The fourth-order valence-corrected chi connectivity index (χ4v) is 2.02. The normalized spacial score (nSPS) is 17.1. The quantitative estimate of drug-likeness (QED) is 0.486. The van der Waals surface area contributed by atoms with Gasteiger partial charge in [0, 0.05) is 6.54 Å². The molecule has 0 N–H and O–H groups in total. The molecule has 0 amide bonds. The molecule has 2 heteroatoms. The van der Waals surface area contributed by atoms with Gasteiger partial charge in [-0.25, -0.2) is 0 Å². The van der Waals surface area contributed by atoms with Gasteiger partial charge in [0.15, 0.2) is 0 Å². The van der Waals surface area contributed by atoms with Crippen molar-refractivity contribution in [3.05, 3.63) is 42.3 Å². The summed E-state index contributed by atoms with van der Waals surface area (Å²) in [6, 6.07) is 8.58. The molecule has 0 spiro atoms. The van der Waals surface area contributed by atoms with E-state index in [1.807, 2.05) is 0 Å². The molecule has 15 heavy (non-hydrogen) atoms. The van der Waals surface area contributed by atoms with Crippen molar-refractivity contribution in [3.8, 4) is 0 Å². The van der Waals surface area contributed by atoms with Gasteiger partial charge in [-0.2, -0.15) is 24.6 Å². The number of benzene rings is 1. The molecule has 1 fully saturated rings. The maximum Gasteiger partial charge on any atom is 1.00 e. The third-order valence-corrected chi connectivity index (χ3v) is 2.88. The zero-order chi connectivity index (χ0) is 9.80. The van der Waals surface area contributed by atoms with Crippen LogP contribution in [0.3, 0.4) is 0 Å². The molecule has 1 saturated heterocycles. The van der Waals surface area contributed by atoms with Crippen LogP contribution in [0.25, 0.3) is 0 Å². The second kappa shape index (κ2) is 6.59. The second-order valence-corrected chi connectivity index (χ2v) is 4.15. The van der Waals surface area contributed by atoms with E-state index in [1.54, 1.807) is 0 Å². The second-order valence-electron chi connectivity index (χ2n) is 4.15. The SMILES string of the molecule is [CH2-]c1ccc(CN2CCCCC2)cc1.[Na+]. The largest absolute Gasteiger partial charge is 1.00 e. The van der Waals surface area contributed by atoms with Gasteiger partial charge in [-0.15, -0.1) is 12.1 Å². The predicted molar refractivity (Wildman–Crippen MR) is 60.0 cm³/mol. The van der Waals surface area contributed by atoms with Crippen LogP contribution in [0.2, 0.25) is 0 Å². The van der Waals surface area contributed by atoms with E-state index in [-0.39, 0.29) is 29.6 Å². The molecule has 2 rings (SSSR count). The Labute approximate surface area is 115 Å². The third-order valence-electron chi connectivity index (χ3n) is 2.88.